The topological polar surface area (TPSA) is 69.9 Å². The maximum Gasteiger partial charge on any atom is 0.324 e. The van der Waals surface area contributed by atoms with Gasteiger partial charge in [-0.1, -0.05) is 106 Å². The summed E-state index contributed by atoms with van der Waals surface area (Å²) in [5.74, 6) is 0. The summed E-state index contributed by atoms with van der Waals surface area (Å²) in [6.45, 7) is 0. The molecule has 1 N–H and O–H groups in total. The molecule has 0 bridgehead atoms. The smallest absolute Gasteiger partial charge is 0.295 e. The number of likely N-dealkylation sites (N-methyl/N-ethyl adjacent to an activating group) is 2. The van der Waals surface area contributed by atoms with Gasteiger partial charge in [-0.25, -0.2) is 9.79 Å². The number of carbonyl (C=O) groups excluding carboxylic acids is 1. The fourth-order valence-corrected chi connectivity index (χ4v) is 6.61. The standard InChI is InChI=1S/C27H22BrN5O2S/c1-31-25(35)32(2)27(20-14-7-4-8-15-20)26(31,19-12-5-3-6-13-19)29-24-33(30-27)23(34)22(36-24)17-18-11-9-10-16-21(18)28/h3-17,30H,1-2H3. The minimum atomic E-state index is -1.18. The number of thiazole rings is 1. The zero-order valence-electron chi connectivity index (χ0n) is 19.6. The Balaban J connectivity index is 1.72. The fraction of sp³-hybridized carbons (Fsp3) is 0.148. The van der Waals surface area contributed by atoms with Gasteiger partial charge in [0.15, 0.2) is 0 Å². The van der Waals surface area contributed by atoms with Crippen molar-refractivity contribution in [1.29, 1.82) is 0 Å². The monoisotopic (exact) mass is 559 g/mol. The molecule has 6 rings (SSSR count). The molecule has 2 aliphatic rings. The Bertz CT molecular complexity index is 1670. The zero-order chi connectivity index (χ0) is 25.1. The van der Waals surface area contributed by atoms with E-state index in [2.05, 4.69) is 21.4 Å². The normalized spacial score (nSPS) is 23.2. The third-order valence-corrected chi connectivity index (χ3v) is 8.66. The van der Waals surface area contributed by atoms with Crippen LogP contribution in [0, 0.1) is 0 Å². The van der Waals surface area contributed by atoms with E-state index in [1.165, 1.54) is 16.0 Å². The molecule has 2 aliphatic heterocycles. The number of rotatable bonds is 3. The van der Waals surface area contributed by atoms with Crippen LogP contribution in [0.2, 0.25) is 0 Å². The van der Waals surface area contributed by atoms with Crippen LogP contribution in [0.3, 0.4) is 0 Å². The van der Waals surface area contributed by atoms with Gasteiger partial charge in [0.1, 0.15) is 0 Å². The summed E-state index contributed by atoms with van der Waals surface area (Å²) in [7, 11) is 3.51. The van der Waals surface area contributed by atoms with Crippen molar-refractivity contribution in [2.75, 3.05) is 19.5 Å². The number of fused-ring (bicyclic) bond motifs is 2. The quantitative estimate of drug-likeness (QED) is 0.418. The second-order valence-corrected chi connectivity index (χ2v) is 10.7. The first kappa shape index (κ1) is 22.8. The third kappa shape index (κ3) is 2.93. The van der Waals surface area contributed by atoms with Gasteiger partial charge in [-0.2, -0.15) is 4.68 Å². The Morgan fingerprint density at radius 2 is 1.47 bits per heavy atom. The molecule has 0 spiro atoms. The second-order valence-electron chi connectivity index (χ2n) is 8.79. The fourth-order valence-electron chi connectivity index (χ4n) is 5.25. The van der Waals surface area contributed by atoms with Crippen molar-refractivity contribution in [3.63, 3.8) is 0 Å². The molecule has 36 heavy (non-hydrogen) atoms. The Labute approximate surface area is 219 Å². The molecule has 0 saturated carbocycles. The number of amides is 2. The van der Waals surface area contributed by atoms with Crippen LogP contribution < -0.4 is 20.3 Å². The van der Waals surface area contributed by atoms with Crippen LogP contribution >= 0.6 is 27.3 Å². The van der Waals surface area contributed by atoms with Crippen molar-refractivity contribution < 1.29 is 4.79 Å². The van der Waals surface area contributed by atoms with Crippen LogP contribution in [0.4, 0.5) is 4.79 Å². The summed E-state index contributed by atoms with van der Waals surface area (Å²) in [6, 6.07) is 27.0. The molecule has 3 heterocycles. The van der Waals surface area contributed by atoms with Gasteiger partial charge in [0, 0.05) is 29.7 Å². The van der Waals surface area contributed by atoms with Crippen LogP contribution in [-0.2, 0) is 11.3 Å². The zero-order valence-corrected chi connectivity index (χ0v) is 22.0. The van der Waals surface area contributed by atoms with E-state index in [0.29, 0.717) is 9.33 Å². The molecule has 9 heteroatoms. The highest BCUT2D eigenvalue weighted by atomic mass is 79.9. The van der Waals surface area contributed by atoms with Crippen molar-refractivity contribution in [2.24, 2.45) is 4.99 Å². The van der Waals surface area contributed by atoms with Crippen molar-refractivity contribution in [3.8, 4) is 0 Å². The van der Waals surface area contributed by atoms with Crippen molar-refractivity contribution in [1.82, 2.24) is 14.5 Å². The lowest BCUT2D eigenvalue weighted by atomic mass is 9.80. The number of benzene rings is 3. The first-order valence-corrected chi connectivity index (χ1v) is 13.0. The average molecular weight is 560 g/mol. The number of urea groups is 1. The molecule has 2 unspecified atom stereocenters. The van der Waals surface area contributed by atoms with Gasteiger partial charge < -0.3 is 0 Å². The van der Waals surface area contributed by atoms with Gasteiger partial charge in [-0.05, 0) is 17.7 Å². The Morgan fingerprint density at radius 1 is 0.861 bits per heavy atom. The van der Waals surface area contributed by atoms with Crippen LogP contribution in [0.15, 0.2) is 99.2 Å². The van der Waals surface area contributed by atoms with Gasteiger partial charge >= 0.3 is 6.03 Å². The second kappa shape index (κ2) is 8.18. The predicted octanol–water partition coefficient (Wildman–Crippen LogP) is 3.38. The van der Waals surface area contributed by atoms with E-state index < -0.39 is 11.3 Å². The van der Waals surface area contributed by atoms with Gasteiger partial charge in [0.2, 0.25) is 16.1 Å². The van der Waals surface area contributed by atoms with E-state index in [9.17, 15) is 9.59 Å². The molecule has 3 aromatic carbocycles. The molecule has 2 amide bonds. The summed E-state index contributed by atoms with van der Waals surface area (Å²) in [5.41, 5.74) is 3.47. The molecule has 0 radical (unpaired) electrons. The molecule has 1 fully saturated rings. The Kier molecular flexibility index (Phi) is 5.17. The van der Waals surface area contributed by atoms with E-state index in [0.717, 1.165) is 21.2 Å². The van der Waals surface area contributed by atoms with E-state index in [1.54, 1.807) is 23.9 Å². The lowest BCUT2D eigenvalue weighted by molar-refractivity contribution is 0.0648. The highest BCUT2D eigenvalue weighted by Gasteiger charge is 2.69. The Morgan fingerprint density at radius 3 is 2.14 bits per heavy atom. The molecular weight excluding hydrogens is 538 g/mol. The number of nitrogens with zero attached hydrogens (tertiary/aromatic N) is 4. The van der Waals surface area contributed by atoms with E-state index in [1.807, 2.05) is 91.0 Å². The predicted molar refractivity (Wildman–Crippen MR) is 144 cm³/mol. The van der Waals surface area contributed by atoms with Gasteiger partial charge in [-0.15, -0.1) is 0 Å². The summed E-state index contributed by atoms with van der Waals surface area (Å²) >= 11 is 4.86. The van der Waals surface area contributed by atoms with E-state index in [-0.39, 0.29) is 11.6 Å². The maximum absolute atomic E-state index is 13.7. The van der Waals surface area contributed by atoms with Gasteiger partial charge in [-0.3, -0.25) is 20.0 Å². The first-order valence-electron chi connectivity index (χ1n) is 11.4. The average Bonchev–Trinajstić information content (AvgIpc) is 3.30. The molecule has 180 valence electrons. The van der Waals surface area contributed by atoms with Gasteiger partial charge in [0.05, 0.1) is 4.53 Å². The number of aromatic nitrogens is 1. The number of halogens is 1. The van der Waals surface area contributed by atoms with Crippen LogP contribution in [0.25, 0.3) is 6.08 Å². The van der Waals surface area contributed by atoms with Crippen LogP contribution in [0.5, 0.6) is 0 Å². The molecule has 2 atom stereocenters. The molecule has 7 nitrogen and oxygen atoms in total. The first-order chi connectivity index (χ1) is 17.4. The minimum absolute atomic E-state index is 0.206. The number of carbonyl (C=O) groups is 1. The van der Waals surface area contributed by atoms with Gasteiger partial charge in [0.25, 0.3) is 5.56 Å². The van der Waals surface area contributed by atoms with Crippen LogP contribution in [-0.4, -0.2) is 34.6 Å². The van der Waals surface area contributed by atoms with Crippen molar-refractivity contribution in [2.45, 2.75) is 11.3 Å². The maximum atomic E-state index is 13.7. The molecule has 0 aliphatic carbocycles. The Hall–Kier alpha value is -3.69. The van der Waals surface area contributed by atoms with Crippen molar-refractivity contribution in [3.05, 3.63) is 126 Å². The summed E-state index contributed by atoms with van der Waals surface area (Å²) in [6.07, 6.45) is 1.86. The number of hydrogen-bond donors (Lipinski definition) is 1. The lowest BCUT2D eigenvalue weighted by Crippen LogP contribution is -2.67. The number of nitrogens with one attached hydrogen (secondary N) is 1. The minimum Gasteiger partial charge on any atom is -0.295 e. The SMILES string of the molecule is CN1C(=O)N(C)C2(c3ccccc3)Nn3c(sc(=Cc4ccccc4Br)c3=O)=NC12c1ccccc1. The molecular formula is C27H22BrN5O2S. The number of hydrogen-bond acceptors (Lipinski definition) is 5. The van der Waals surface area contributed by atoms with Crippen LogP contribution in [0.1, 0.15) is 16.7 Å². The summed E-state index contributed by atoms with van der Waals surface area (Å²) < 4.78 is 2.91. The highest BCUT2D eigenvalue weighted by molar-refractivity contribution is 9.10. The van der Waals surface area contributed by atoms with E-state index >= 15 is 0 Å². The lowest BCUT2D eigenvalue weighted by Gasteiger charge is -2.49. The largest absolute Gasteiger partial charge is 0.324 e. The highest BCUT2D eigenvalue weighted by Crippen LogP contribution is 2.53. The molecule has 4 aromatic rings. The molecule has 1 saturated heterocycles. The van der Waals surface area contributed by atoms with E-state index in [4.69, 9.17) is 4.99 Å². The third-order valence-electron chi connectivity index (χ3n) is 6.96. The summed E-state index contributed by atoms with van der Waals surface area (Å²) in [5, 5.41) is 0. The summed E-state index contributed by atoms with van der Waals surface area (Å²) in [4.78, 5) is 36.3. The molecule has 1 aromatic heterocycles. The van der Waals surface area contributed by atoms with Crippen molar-refractivity contribution >= 4 is 39.4 Å².